The second-order valence-electron chi connectivity index (χ2n) is 20.0. The first-order valence-electron chi connectivity index (χ1n) is 29.4. The molecule has 0 aromatic heterocycles. The zero-order valence-corrected chi connectivity index (χ0v) is 44.6. The molecule has 0 aromatic rings. The Morgan fingerprint density at radius 1 is 0.418 bits per heavy atom. The molecule has 0 aliphatic rings. The lowest BCUT2D eigenvalue weighted by Crippen LogP contribution is -2.45. The largest absolute Gasteiger partial charge is 0.466 e. The Bertz CT molecular complexity index is 1130. The van der Waals surface area contributed by atoms with E-state index in [-0.39, 0.29) is 18.5 Å². The van der Waals surface area contributed by atoms with Crippen LogP contribution in [0.5, 0.6) is 0 Å². The van der Waals surface area contributed by atoms with E-state index >= 15 is 0 Å². The van der Waals surface area contributed by atoms with Gasteiger partial charge < -0.3 is 20.3 Å². The highest BCUT2D eigenvalue weighted by atomic mass is 16.5. The van der Waals surface area contributed by atoms with Crippen LogP contribution < -0.4 is 5.32 Å². The number of hydrogen-bond donors (Lipinski definition) is 3. The van der Waals surface area contributed by atoms with E-state index in [1.807, 2.05) is 6.08 Å². The predicted octanol–water partition coefficient (Wildman–Crippen LogP) is 18.2. The van der Waals surface area contributed by atoms with E-state index in [0.717, 1.165) is 51.4 Å². The third kappa shape index (κ3) is 53.0. The maximum absolute atomic E-state index is 12.4. The van der Waals surface area contributed by atoms with Crippen molar-refractivity contribution in [2.75, 3.05) is 13.2 Å². The molecule has 3 N–H and O–H groups in total. The van der Waals surface area contributed by atoms with Crippen LogP contribution in [-0.4, -0.2) is 47.4 Å². The van der Waals surface area contributed by atoms with Gasteiger partial charge in [0.25, 0.3) is 0 Å². The van der Waals surface area contributed by atoms with E-state index in [1.165, 1.54) is 225 Å². The normalized spacial score (nSPS) is 13.0. The third-order valence-electron chi connectivity index (χ3n) is 13.3. The Kier molecular flexibility index (Phi) is 54.6. The lowest BCUT2D eigenvalue weighted by atomic mass is 10.0. The summed E-state index contributed by atoms with van der Waals surface area (Å²) >= 11 is 0. The van der Waals surface area contributed by atoms with Gasteiger partial charge in [-0.25, -0.2) is 0 Å². The first kappa shape index (κ1) is 64.8. The number of aliphatic hydroxyl groups is 2. The quantitative estimate of drug-likeness (QED) is 0.0321. The molecular weight excluding hydrogens is 827 g/mol. The maximum Gasteiger partial charge on any atom is 0.305 e. The van der Waals surface area contributed by atoms with Gasteiger partial charge >= 0.3 is 5.97 Å². The number of amides is 1. The summed E-state index contributed by atoms with van der Waals surface area (Å²) in [5.74, 6) is -0.0737. The van der Waals surface area contributed by atoms with Crippen LogP contribution in [0.2, 0.25) is 0 Å². The standard InChI is InChI=1S/C61H113NO5/c1-3-5-7-9-11-13-15-30-35-39-43-47-51-55-61(66)67-56-52-48-44-40-36-32-29-27-25-23-21-19-17-16-18-20-22-24-26-28-31-34-38-42-46-50-54-60(65)62-58(57-63)59(64)53-49-45-41-37-33-14-12-10-8-6-4-2/h7,9,13,15-16,18,49,53,58-59,63-64H,3-6,8,10-12,14,17,19-48,50-52,54-57H2,1-2H3,(H,62,65)/b9-7-,15-13-,18-16-,53-49+. The van der Waals surface area contributed by atoms with E-state index in [1.54, 1.807) is 6.08 Å². The highest BCUT2D eigenvalue weighted by Gasteiger charge is 2.18. The van der Waals surface area contributed by atoms with Crippen LogP contribution in [0.4, 0.5) is 0 Å². The fourth-order valence-electron chi connectivity index (χ4n) is 8.78. The molecule has 67 heavy (non-hydrogen) atoms. The lowest BCUT2D eigenvalue weighted by molar-refractivity contribution is -0.143. The molecule has 0 aliphatic carbocycles. The van der Waals surface area contributed by atoms with Gasteiger partial charge in [-0.1, -0.05) is 255 Å². The van der Waals surface area contributed by atoms with Gasteiger partial charge in [-0.05, 0) is 83.5 Å². The van der Waals surface area contributed by atoms with Crippen molar-refractivity contribution >= 4 is 11.9 Å². The molecule has 0 rings (SSSR count). The van der Waals surface area contributed by atoms with E-state index in [4.69, 9.17) is 4.74 Å². The summed E-state index contributed by atoms with van der Waals surface area (Å²) in [6, 6.07) is -0.628. The van der Waals surface area contributed by atoms with Crippen LogP contribution in [-0.2, 0) is 14.3 Å². The first-order chi connectivity index (χ1) is 33.0. The van der Waals surface area contributed by atoms with Crippen molar-refractivity contribution in [3.63, 3.8) is 0 Å². The maximum atomic E-state index is 12.4. The van der Waals surface area contributed by atoms with E-state index in [0.29, 0.717) is 19.4 Å². The second-order valence-corrected chi connectivity index (χ2v) is 20.0. The van der Waals surface area contributed by atoms with Crippen molar-refractivity contribution in [1.29, 1.82) is 0 Å². The number of ether oxygens (including phenoxy) is 1. The van der Waals surface area contributed by atoms with Gasteiger partial charge in [-0.15, -0.1) is 0 Å². The molecule has 0 saturated heterocycles. The van der Waals surface area contributed by atoms with E-state index in [2.05, 4.69) is 55.6 Å². The minimum absolute atomic E-state index is 0.00214. The van der Waals surface area contributed by atoms with Crippen LogP contribution in [0, 0.1) is 0 Å². The van der Waals surface area contributed by atoms with Crippen LogP contribution in [0.15, 0.2) is 48.6 Å². The number of nitrogens with one attached hydrogen (secondary N) is 1. The molecule has 0 aliphatic heterocycles. The monoisotopic (exact) mass is 940 g/mol. The Morgan fingerprint density at radius 3 is 1.21 bits per heavy atom. The first-order valence-corrected chi connectivity index (χ1v) is 29.4. The van der Waals surface area contributed by atoms with Gasteiger partial charge in [0.05, 0.1) is 25.4 Å². The molecule has 0 fully saturated rings. The van der Waals surface area contributed by atoms with Crippen molar-refractivity contribution in [2.45, 2.75) is 315 Å². The molecule has 0 spiro atoms. The molecule has 1 amide bonds. The van der Waals surface area contributed by atoms with Gasteiger partial charge in [0.2, 0.25) is 5.91 Å². The summed E-state index contributed by atoms with van der Waals surface area (Å²) in [6.07, 6.45) is 71.5. The van der Waals surface area contributed by atoms with Crippen LogP contribution in [0.1, 0.15) is 303 Å². The second kappa shape index (κ2) is 56.4. The molecule has 0 aromatic carbocycles. The Hall–Kier alpha value is -2.18. The summed E-state index contributed by atoms with van der Waals surface area (Å²) in [7, 11) is 0. The van der Waals surface area contributed by atoms with Crippen molar-refractivity contribution in [3.8, 4) is 0 Å². The smallest absolute Gasteiger partial charge is 0.305 e. The average Bonchev–Trinajstić information content (AvgIpc) is 3.33. The molecule has 6 nitrogen and oxygen atoms in total. The molecule has 0 radical (unpaired) electrons. The van der Waals surface area contributed by atoms with Gasteiger partial charge in [0, 0.05) is 12.8 Å². The van der Waals surface area contributed by atoms with Crippen LogP contribution >= 0.6 is 0 Å². The number of allylic oxidation sites excluding steroid dienone is 7. The van der Waals surface area contributed by atoms with Crippen molar-refractivity contribution in [2.24, 2.45) is 0 Å². The van der Waals surface area contributed by atoms with Gasteiger partial charge in [-0.2, -0.15) is 0 Å². The van der Waals surface area contributed by atoms with Gasteiger partial charge in [-0.3, -0.25) is 9.59 Å². The van der Waals surface area contributed by atoms with Crippen LogP contribution in [0.25, 0.3) is 0 Å². The summed E-state index contributed by atoms with van der Waals surface area (Å²) in [5.41, 5.74) is 0. The minimum atomic E-state index is -0.844. The number of carbonyl (C=O) groups excluding carboxylic acids is 2. The Morgan fingerprint density at radius 2 is 0.776 bits per heavy atom. The fraction of sp³-hybridized carbons (Fsp3) is 0.836. The molecule has 2 unspecified atom stereocenters. The van der Waals surface area contributed by atoms with E-state index in [9.17, 15) is 19.8 Å². The summed E-state index contributed by atoms with van der Waals surface area (Å²) in [4.78, 5) is 24.4. The molecule has 2 atom stereocenters. The predicted molar refractivity (Wildman–Crippen MR) is 292 cm³/mol. The Balaban J connectivity index is 3.40. The SMILES string of the molecule is CCC/C=C\C/C=C\CCCCCCCC(=O)OCCCCCCCCCCCCCC/C=C\CCCCCCCCCCCCC(=O)NC(CO)C(O)/C=C/CCCCCCCCCCC. The van der Waals surface area contributed by atoms with Crippen molar-refractivity contribution in [1.82, 2.24) is 5.32 Å². The average molecular weight is 941 g/mol. The molecule has 0 heterocycles. The summed E-state index contributed by atoms with van der Waals surface area (Å²) in [5, 5.41) is 23.0. The summed E-state index contributed by atoms with van der Waals surface area (Å²) in [6.45, 7) is 4.82. The number of carbonyl (C=O) groups is 2. The molecular formula is C61H113NO5. The topological polar surface area (TPSA) is 95.9 Å². The minimum Gasteiger partial charge on any atom is -0.466 e. The van der Waals surface area contributed by atoms with Gasteiger partial charge in [0.15, 0.2) is 0 Å². The summed E-state index contributed by atoms with van der Waals surface area (Å²) < 4.78 is 5.46. The molecule has 6 heteroatoms. The number of hydrogen-bond acceptors (Lipinski definition) is 5. The Labute approximate surface area is 416 Å². The zero-order valence-electron chi connectivity index (χ0n) is 44.6. The zero-order chi connectivity index (χ0) is 48.6. The molecule has 0 saturated carbocycles. The molecule has 392 valence electrons. The highest BCUT2D eigenvalue weighted by Crippen LogP contribution is 2.16. The van der Waals surface area contributed by atoms with Crippen molar-refractivity contribution < 1.29 is 24.5 Å². The third-order valence-corrected chi connectivity index (χ3v) is 13.3. The van der Waals surface area contributed by atoms with Gasteiger partial charge in [0.1, 0.15) is 0 Å². The van der Waals surface area contributed by atoms with Crippen LogP contribution in [0.3, 0.4) is 0 Å². The van der Waals surface area contributed by atoms with E-state index < -0.39 is 12.1 Å². The molecule has 0 bridgehead atoms. The number of rotatable bonds is 54. The highest BCUT2D eigenvalue weighted by molar-refractivity contribution is 5.76. The number of aliphatic hydroxyl groups excluding tert-OH is 2. The number of esters is 1. The lowest BCUT2D eigenvalue weighted by Gasteiger charge is -2.20. The fourth-order valence-corrected chi connectivity index (χ4v) is 8.78. The van der Waals surface area contributed by atoms with Crippen molar-refractivity contribution in [3.05, 3.63) is 48.6 Å². The number of unbranched alkanes of at least 4 members (excludes halogenated alkanes) is 37.